The second kappa shape index (κ2) is 15.0. The number of nitrogens with zero attached hydrogens (tertiary/aromatic N) is 6. The number of benzene rings is 1. The number of hydrogen-bond acceptors (Lipinski definition) is 8. The van der Waals surface area contributed by atoms with Crippen molar-refractivity contribution in [3.8, 4) is 22.8 Å². The maximum atomic E-state index is 6.17. The van der Waals surface area contributed by atoms with Gasteiger partial charge in [-0.3, -0.25) is 29.9 Å². The predicted molar refractivity (Wildman–Crippen MR) is 166 cm³/mol. The molecule has 1 aromatic carbocycles. The Balaban J connectivity index is 0.000000146. The van der Waals surface area contributed by atoms with Gasteiger partial charge in [0.1, 0.15) is 0 Å². The molecule has 6 aromatic heterocycles. The molecule has 9 heteroatoms. The van der Waals surface area contributed by atoms with Crippen molar-refractivity contribution in [1.82, 2.24) is 29.9 Å². The van der Waals surface area contributed by atoms with Crippen molar-refractivity contribution in [2.45, 2.75) is 0 Å². The fourth-order valence-electron chi connectivity index (χ4n) is 4.21. The van der Waals surface area contributed by atoms with Gasteiger partial charge in [-0.05, 0) is 72.8 Å². The first-order chi connectivity index (χ1) is 20.3. The fourth-order valence-corrected chi connectivity index (χ4v) is 4.21. The summed E-state index contributed by atoms with van der Waals surface area (Å²) in [5, 5.41) is 5.07. The summed E-state index contributed by atoms with van der Waals surface area (Å²) in [6, 6.07) is 30.9. The number of rotatable bonds is 3. The summed E-state index contributed by atoms with van der Waals surface area (Å²) in [5.41, 5.74) is 13.2. The van der Waals surface area contributed by atoms with Gasteiger partial charge >= 0.3 is 0 Å². The summed E-state index contributed by atoms with van der Waals surface area (Å²) in [6.07, 6.45) is 10.6. The molecule has 0 saturated carbocycles. The van der Waals surface area contributed by atoms with E-state index in [1.165, 1.54) is 0 Å². The zero-order valence-corrected chi connectivity index (χ0v) is 24.6. The van der Waals surface area contributed by atoms with Gasteiger partial charge < -0.3 is 11.1 Å². The number of nitrogen functional groups attached to an aromatic ring is 1. The van der Waals surface area contributed by atoms with E-state index in [0.717, 1.165) is 56.0 Å². The summed E-state index contributed by atoms with van der Waals surface area (Å²) < 4.78 is 0. The molecule has 0 spiro atoms. The molecule has 0 aliphatic carbocycles. The molecule has 0 aliphatic rings. The second-order valence-corrected chi connectivity index (χ2v) is 8.70. The van der Waals surface area contributed by atoms with Crippen LogP contribution in [0.25, 0.3) is 44.6 Å². The van der Waals surface area contributed by atoms with Gasteiger partial charge in [0.2, 0.25) is 0 Å². The van der Waals surface area contributed by atoms with E-state index in [-0.39, 0.29) is 19.5 Å². The molecule has 6 heterocycles. The van der Waals surface area contributed by atoms with E-state index >= 15 is 0 Å². The number of nitrogens with two attached hydrogens (primary N) is 1. The van der Waals surface area contributed by atoms with Crippen molar-refractivity contribution in [3.05, 3.63) is 134 Å². The first-order valence-corrected chi connectivity index (χ1v) is 13.0. The number of hydrogen-bond donors (Lipinski definition) is 2. The molecule has 0 fully saturated rings. The minimum atomic E-state index is 0. The normalized spacial score (nSPS) is 9.93. The number of pyridine rings is 6. The van der Waals surface area contributed by atoms with E-state index in [9.17, 15) is 0 Å². The van der Waals surface area contributed by atoms with E-state index in [2.05, 4.69) is 35.2 Å². The molecule has 0 atom stereocenters. The smallest absolute Gasteiger partial charge is 0.0986 e. The number of anilines is 2. The molecule has 7 aromatic rings. The molecule has 0 radical (unpaired) electrons. The van der Waals surface area contributed by atoms with E-state index in [1.54, 1.807) is 37.2 Å². The zero-order chi connectivity index (χ0) is 28.3. The Morgan fingerprint density at radius 1 is 0.452 bits per heavy atom. The first kappa shape index (κ1) is 29.8. The third kappa shape index (κ3) is 7.13. The SMILES string of the molecule is CNc1c(N)c2cccnc2c2ncccc12.[Ru].c1ccc(-c2ccccn2)nc1.c1ccc(-c2ccccn2)nc1. The minimum absolute atomic E-state index is 0. The molecule has 7 rings (SSSR count). The first-order valence-electron chi connectivity index (χ1n) is 13.0. The van der Waals surface area contributed by atoms with Gasteiger partial charge in [-0.2, -0.15) is 0 Å². The Morgan fingerprint density at radius 2 is 0.810 bits per heavy atom. The summed E-state index contributed by atoms with van der Waals surface area (Å²) in [5.74, 6) is 0. The van der Waals surface area contributed by atoms with E-state index in [4.69, 9.17) is 5.73 Å². The van der Waals surface area contributed by atoms with Gasteiger partial charge in [0.05, 0.1) is 45.2 Å². The molecular weight excluding hydrogens is 609 g/mol. The molecule has 8 nitrogen and oxygen atoms in total. The summed E-state index contributed by atoms with van der Waals surface area (Å²) in [7, 11) is 1.86. The van der Waals surface area contributed by atoms with Crippen molar-refractivity contribution in [1.29, 1.82) is 0 Å². The number of aromatic nitrogens is 6. The third-order valence-electron chi connectivity index (χ3n) is 6.10. The zero-order valence-electron chi connectivity index (χ0n) is 22.8. The molecule has 0 amide bonds. The van der Waals surface area contributed by atoms with Crippen LogP contribution in [0.3, 0.4) is 0 Å². The van der Waals surface area contributed by atoms with Crippen LogP contribution in [-0.2, 0) is 19.5 Å². The van der Waals surface area contributed by atoms with Gasteiger partial charge in [0.25, 0.3) is 0 Å². The molecule has 0 bridgehead atoms. The van der Waals surface area contributed by atoms with Gasteiger partial charge in [-0.15, -0.1) is 0 Å². The molecule has 42 heavy (non-hydrogen) atoms. The Bertz CT molecular complexity index is 1670. The average molecular weight is 638 g/mol. The van der Waals surface area contributed by atoms with Crippen molar-refractivity contribution in [2.75, 3.05) is 18.1 Å². The van der Waals surface area contributed by atoms with E-state index < -0.39 is 0 Å². The molecule has 0 saturated heterocycles. The predicted octanol–water partition coefficient (Wildman–Crippen LogP) is 6.69. The fraction of sp³-hybridized carbons (Fsp3) is 0.0303. The molecule has 0 unspecified atom stereocenters. The van der Waals surface area contributed by atoms with Crippen LogP contribution in [0, 0.1) is 0 Å². The van der Waals surface area contributed by atoms with Crippen molar-refractivity contribution < 1.29 is 19.5 Å². The Morgan fingerprint density at radius 3 is 1.17 bits per heavy atom. The van der Waals surface area contributed by atoms with E-state index in [1.807, 2.05) is 104 Å². The topological polar surface area (TPSA) is 115 Å². The largest absolute Gasteiger partial charge is 0.396 e. The van der Waals surface area contributed by atoms with Gasteiger partial charge in [-0.1, -0.05) is 24.3 Å². The van der Waals surface area contributed by atoms with Crippen molar-refractivity contribution in [2.24, 2.45) is 0 Å². The minimum Gasteiger partial charge on any atom is -0.396 e. The van der Waals surface area contributed by atoms with E-state index in [0.29, 0.717) is 0 Å². The Kier molecular flexibility index (Phi) is 10.7. The Labute approximate surface area is 256 Å². The van der Waals surface area contributed by atoms with Crippen molar-refractivity contribution >= 4 is 33.2 Å². The third-order valence-corrected chi connectivity index (χ3v) is 6.10. The van der Waals surface area contributed by atoms with Crippen LogP contribution in [0.2, 0.25) is 0 Å². The van der Waals surface area contributed by atoms with Crippen LogP contribution < -0.4 is 11.1 Å². The molecule has 3 N–H and O–H groups in total. The summed E-state index contributed by atoms with van der Waals surface area (Å²) in [6.45, 7) is 0. The van der Waals surface area contributed by atoms with Crippen LogP contribution in [-0.4, -0.2) is 37.0 Å². The van der Waals surface area contributed by atoms with Gasteiger partial charge in [-0.25, -0.2) is 0 Å². The van der Waals surface area contributed by atoms with Crippen molar-refractivity contribution in [3.63, 3.8) is 0 Å². The monoisotopic (exact) mass is 638 g/mol. The van der Waals surface area contributed by atoms with Gasteiger partial charge in [0.15, 0.2) is 0 Å². The van der Waals surface area contributed by atoms with Gasteiger partial charge in [0, 0.05) is 74.5 Å². The molecule has 0 aliphatic heterocycles. The average Bonchev–Trinajstić information content (AvgIpc) is 3.07. The van der Waals surface area contributed by atoms with Crippen LogP contribution in [0.15, 0.2) is 134 Å². The van der Waals surface area contributed by atoms with Crippen LogP contribution in [0.5, 0.6) is 0 Å². The summed E-state index contributed by atoms with van der Waals surface area (Å²) in [4.78, 5) is 25.5. The maximum absolute atomic E-state index is 6.17. The molecular formula is C33H28N8Ru. The van der Waals surface area contributed by atoms with Crippen LogP contribution in [0.4, 0.5) is 11.4 Å². The Hall–Kier alpha value is -5.14. The maximum Gasteiger partial charge on any atom is 0.0986 e. The number of fused-ring (bicyclic) bond motifs is 3. The molecule has 208 valence electrons. The second-order valence-electron chi connectivity index (χ2n) is 8.70. The van der Waals surface area contributed by atoms with Crippen LogP contribution >= 0.6 is 0 Å². The standard InChI is InChI=1S/C13H12N4.2C10H8N2.Ru/c1-15-11-9-5-3-7-17-13(9)12-8(10(11)14)4-2-6-16-12;2*1-3-7-11-9(5-1)10-6-2-4-8-12-10;/h2-7,15H,14H2,1H3;2*1-8H;. The number of nitrogens with one attached hydrogen (secondary N) is 1. The van der Waals surface area contributed by atoms with Crippen LogP contribution in [0.1, 0.15) is 0 Å². The quantitative estimate of drug-likeness (QED) is 0.0953. The summed E-state index contributed by atoms with van der Waals surface area (Å²) >= 11 is 0.